The van der Waals surface area contributed by atoms with Gasteiger partial charge in [0.1, 0.15) is 5.82 Å². The average Bonchev–Trinajstić information content (AvgIpc) is 3.63. The zero-order chi connectivity index (χ0) is 25.3. The summed E-state index contributed by atoms with van der Waals surface area (Å²) in [5.74, 6) is 1.44. The van der Waals surface area contributed by atoms with Crippen LogP contribution >= 0.6 is 11.3 Å². The van der Waals surface area contributed by atoms with Gasteiger partial charge >= 0.3 is 0 Å². The number of thiazole rings is 1. The highest BCUT2D eigenvalue weighted by molar-refractivity contribution is 7.15. The van der Waals surface area contributed by atoms with Crippen molar-refractivity contribution in [2.75, 3.05) is 36.0 Å². The Kier molecular flexibility index (Phi) is 5.20. The van der Waals surface area contributed by atoms with E-state index in [9.17, 15) is 4.79 Å². The molecule has 9 nitrogen and oxygen atoms in total. The second kappa shape index (κ2) is 8.39. The number of carbonyl (C=O) groups is 1. The van der Waals surface area contributed by atoms with E-state index < -0.39 is 0 Å². The van der Waals surface area contributed by atoms with Gasteiger partial charge in [-0.2, -0.15) is 0 Å². The summed E-state index contributed by atoms with van der Waals surface area (Å²) in [6.45, 7) is 2.74. The molecule has 1 spiro atoms. The van der Waals surface area contributed by atoms with Gasteiger partial charge in [-0.3, -0.25) is 4.79 Å². The van der Waals surface area contributed by atoms with Crippen molar-refractivity contribution in [2.24, 2.45) is 11.1 Å². The first kappa shape index (κ1) is 22.9. The number of aromatic nitrogens is 3. The van der Waals surface area contributed by atoms with Crippen LogP contribution in [-0.2, 0) is 19.4 Å². The topological polar surface area (TPSA) is 140 Å². The highest BCUT2D eigenvalue weighted by atomic mass is 32.1. The minimum atomic E-state index is -0.202. The van der Waals surface area contributed by atoms with Crippen LogP contribution in [0.5, 0.6) is 0 Å². The molecule has 2 aliphatic heterocycles. The van der Waals surface area contributed by atoms with E-state index in [-0.39, 0.29) is 28.9 Å². The summed E-state index contributed by atoms with van der Waals surface area (Å²) >= 11 is 1.43. The number of hydrogen-bond acceptors (Lipinski definition) is 9. The SMILES string of the molecule is Nc1nc2c(s1)CN(C(=O)c1ncc(N3CCC4(CC3)Cc3ccc(C5CC5)cc3[C@H]4N)nc1N)CC2. The smallest absolute Gasteiger partial charge is 0.276 e. The van der Waals surface area contributed by atoms with Crippen LogP contribution in [0.2, 0.25) is 0 Å². The van der Waals surface area contributed by atoms with Gasteiger partial charge in [0.2, 0.25) is 0 Å². The van der Waals surface area contributed by atoms with Crippen molar-refractivity contribution in [2.45, 2.75) is 57.0 Å². The number of hydrogen-bond donors (Lipinski definition) is 3. The molecule has 1 atom stereocenters. The Morgan fingerprint density at radius 1 is 1.11 bits per heavy atom. The molecule has 2 aliphatic carbocycles. The van der Waals surface area contributed by atoms with E-state index in [1.165, 1.54) is 40.9 Å². The van der Waals surface area contributed by atoms with Gasteiger partial charge < -0.3 is 27.0 Å². The van der Waals surface area contributed by atoms with Crippen LogP contribution in [0.3, 0.4) is 0 Å². The standard InChI is InChI=1S/C27H32N8OS/c28-23-18-11-16(15-1-2-15)3-4-17(18)12-27(23)6-9-34(10-7-27)21-13-31-22(24(29)33-21)25(36)35-8-5-19-20(14-35)37-26(30)32-19/h3-4,11,13,15,23H,1-2,5-10,12,14,28H2,(H2,29,33)(H2,30,32)/t23-/m1/s1. The van der Waals surface area contributed by atoms with E-state index in [1.807, 2.05) is 0 Å². The Morgan fingerprint density at radius 2 is 1.92 bits per heavy atom. The van der Waals surface area contributed by atoms with E-state index in [0.29, 0.717) is 24.6 Å². The predicted octanol–water partition coefficient (Wildman–Crippen LogP) is 3.02. The summed E-state index contributed by atoms with van der Waals surface area (Å²) in [4.78, 5) is 31.6. The van der Waals surface area contributed by atoms with Crippen molar-refractivity contribution in [1.82, 2.24) is 19.9 Å². The molecule has 7 rings (SSSR count). The molecule has 192 valence electrons. The molecule has 1 amide bonds. The molecule has 0 unspecified atom stereocenters. The van der Waals surface area contributed by atoms with Gasteiger partial charge in [-0.25, -0.2) is 15.0 Å². The lowest BCUT2D eigenvalue weighted by Gasteiger charge is -2.42. The Morgan fingerprint density at radius 3 is 2.68 bits per heavy atom. The molecular weight excluding hydrogens is 484 g/mol. The second-order valence-corrected chi connectivity index (χ2v) is 12.2. The molecule has 4 heterocycles. The molecule has 2 aromatic heterocycles. The zero-order valence-electron chi connectivity index (χ0n) is 20.8. The van der Waals surface area contributed by atoms with Gasteiger partial charge in [0, 0.05) is 37.0 Å². The first-order chi connectivity index (χ1) is 17.9. The summed E-state index contributed by atoms with van der Waals surface area (Å²) in [6.07, 6.45) is 8.03. The van der Waals surface area contributed by atoms with Crippen molar-refractivity contribution in [3.05, 3.63) is 57.4 Å². The van der Waals surface area contributed by atoms with Crippen LogP contribution in [0.1, 0.15) is 75.4 Å². The van der Waals surface area contributed by atoms with E-state index in [0.717, 1.165) is 54.7 Å². The summed E-state index contributed by atoms with van der Waals surface area (Å²) in [5, 5.41) is 0.539. The third-order valence-electron chi connectivity index (χ3n) is 8.86. The van der Waals surface area contributed by atoms with Gasteiger partial charge in [-0.05, 0) is 60.1 Å². The molecule has 4 aliphatic rings. The van der Waals surface area contributed by atoms with Crippen LogP contribution in [0.25, 0.3) is 0 Å². The normalized spacial score (nSPS) is 22.2. The minimum Gasteiger partial charge on any atom is -0.382 e. The summed E-state index contributed by atoms with van der Waals surface area (Å²) < 4.78 is 0. The van der Waals surface area contributed by atoms with Crippen LogP contribution in [0, 0.1) is 5.41 Å². The fraction of sp³-hybridized carbons (Fsp3) is 0.481. The number of benzene rings is 1. The van der Waals surface area contributed by atoms with E-state index in [2.05, 4.69) is 38.1 Å². The Balaban J connectivity index is 1.03. The Bertz CT molecular complexity index is 1390. The largest absolute Gasteiger partial charge is 0.382 e. The maximum Gasteiger partial charge on any atom is 0.276 e. The van der Waals surface area contributed by atoms with Crippen LogP contribution in [0.4, 0.5) is 16.8 Å². The molecule has 1 saturated heterocycles. The maximum absolute atomic E-state index is 13.2. The molecule has 2 fully saturated rings. The molecule has 10 heteroatoms. The predicted molar refractivity (Wildman–Crippen MR) is 144 cm³/mol. The third kappa shape index (κ3) is 3.85. The number of anilines is 3. The van der Waals surface area contributed by atoms with Gasteiger partial charge in [0.15, 0.2) is 16.6 Å². The molecule has 0 bridgehead atoms. The zero-order valence-corrected chi connectivity index (χ0v) is 21.6. The number of fused-ring (bicyclic) bond motifs is 2. The molecule has 1 aromatic carbocycles. The van der Waals surface area contributed by atoms with E-state index in [1.54, 1.807) is 11.1 Å². The van der Waals surface area contributed by atoms with Crippen LogP contribution < -0.4 is 22.1 Å². The molecule has 6 N–H and O–H groups in total. The lowest BCUT2D eigenvalue weighted by molar-refractivity contribution is 0.0731. The van der Waals surface area contributed by atoms with Crippen molar-refractivity contribution in [3.63, 3.8) is 0 Å². The summed E-state index contributed by atoms with van der Waals surface area (Å²) in [7, 11) is 0. The van der Waals surface area contributed by atoms with Crippen molar-refractivity contribution in [3.8, 4) is 0 Å². The molecular formula is C27H32N8OS. The number of nitrogens with zero attached hydrogens (tertiary/aromatic N) is 5. The number of piperidine rings is 1. The monoisotopic (exact) mass is 516 g/mol. The molecule has 3 aromatic rings. The minimum absolute atomic E-state index is 0.0819. The number of nitrogen functional groups attached to an aromatic ring is 2. The quantitative estimate of drug-likeness (QED) is 0.483. The average molecular weight is 517 g/mol. The molecule has 1 saturated carbocycles. The lowest BCUT2D eigenvalue weighted by atomic mass is 9.73. The Labute approximate surface area is 220 Å². The summed E-state index contributed by atoms with van der Waals surface area (Å²) in [5.41, 5.74) is 24.5. The van der Waals surface area contributed by atoms with E-state index in [4.69, 9.17) is 17.2 Å². The van der Waals surface area contributed by atoms with Crippen LogP contribution in [0.15, 0.2) is 24.4 Å². The van der Waals surface area contributed by atoms with Crippen molar-refractivity contribution in [1.29, 1.82) is 0 Å². The van der Waals surface area contributed by atoms with Gasteiger partial charge in [0.05, 0.1) is 18.4 Å². The van der Waals surface area contributed by atoms with Gasteiger partial charge in [-0.1, -0.05) is 18.2 Å². The highest BCUT2D eigenvalue weighted by Gasteiger charge is 2.46. The first-order valence-electron chi connectivity index (χ1n) is 13.2. The Hall–Kier alpha value is -3.24. The molecule has 37 heavy (non-hydrogen) atoms. The van der Waals surface area contributed by atoms with Gasteiger partial charge in [0.25, 0.3) is 5.91 Å². The fourth-order valence-corrected chi connectivity index (χ4v) is 7.37. The molecule has 0 radical (unpaired) electrons. The second-order valence-electron chi connectivity index (χ2n) is 11.1. The number of carbonyl (C=O) groups excluding carboxylic acids is 1. The highest BCUT2D eigenvalue weighted by Crippen LogP contribution is 2.52. The lowest BCUT2D eigenvalue weighted by Crippen LogP contribution is -2.44. The first-order valence-corrected chi connectivity index (χ1v) is 14.0. The van der Waals surface area contributed by atoms with E-state index >= 15 is 0 Å². The maximum atomic E-state index is 13.2. The fourth-order valence-electron chi connectivity index (χ4n) is 6.47. The number of nitrogens with two attached hydrogens (primary N) is 3. The number of amides is 1. The van der Waals surface area contributed by atoms with Crippen molar-refractivity contribution < 1.29 is 4.79 Å². The third-order valence-corrected chi connectivity index (χ3v) is 9.78. The van der Waals surface area contributed by atoms with Crippen LogP contribution in [-0.4, -0.2) is 45.4 Å². The summed E-state index contributed by atoms with van der Waals surface area (Å²) in [6, 6.07) is 7.10. The van der Waals surface area contributed by atoms with Gasteiger partial charge in [-0.15, -0.1) is 11.3 Å². The number of rotatable bonds is 3. The van der Waals surface area contributed by atoms with Crippen molar-refractivity contribution >= 4 is 34.0 Å².